The summed E-state index contributed by atoms with van der Waals surface area (Å²) in [5, 5.41) is 10.7. The molecule has 0 saturated carbocycles. The molecule has 0 spiro atoms. The van der Waals surface area contributed by atoms with E-state index >= 15 is 0 Å². The number of hydrogen-bond donors (Lipinski definition) is 2. The predicted molar refractivity (Wildman–Crippen MR) is 82.0 cm³/mol. The van der Waals surface area contributed by atoms with Gasteiger partial charge in [-0.3, -0.25) is 0 Å². The Kier molecular flexibility index (Phi) is 4.68. The number of amides is 1. The third-order valence-electron chi connectivity index (χ3n) is 4.36. The summed E-state index contributed by atoms with van der Waals surface area (Å²) in [5.41, 5.74) is -0.648. The summed E-state index contributed by atoms with van der Waals surface area (Å²) in [4.78, 5) is 10.5. The third-order valence-corrected chi connectivity index (χ3v) is 4.36. The molecular formula is C15H20BF2NO4. The molecule has 1 aliphatic rings. The van der Waals surface area contributed by atoms with Crippen LogP contribution in [0.4, 0.5) is 13.6 Å². The molecule has 0 aliphatic carbocycles. The monoisotopic (exact) mass is 327 g/mol. The Bertz CT molecular complexity index is 591. The largest absolute Gasteiger partial charge is 0.494 e. The predicted octanol–water partition coefficient (Wildman–Crippen LogP) is 2.69. The number of carboxylic acid groups (broad SMARTS) is 1. The second kappa shape index (κ2) is 6.09. The van der Waals surface area contributed by atoms with Gasteiger partial charge in [0.05, 0.1) is 11.2 Å². The molecule has 1 aromatic rings. The van der Waals surface area contributed by atoms with E-state index in [1.807, 2.05) is 27.7 Å². The molecule has 126 valence electrons. The molecule has 0 radical (unpaired) electrons. The lowest BCUT2D eigenvalue weighted by atomic mass is 9.77. The summed E-state index contributed by atoms with van der Waals surface area (Å²) in [5.74, 6) is 0. The lowest BCUT2D eigenvalue weighted by Gasteiger charge is -2.32. The average molecular weight is 327 g/mol. The quantitative estimate of drug-likeness (QED) is 0.835. The molecular weight excluding hydrogens is 307 g/mol. The first kappa shape index (κ1) is 17.7. The molecule has 1 aromatic carbocycles. The average Bonchev–Trinajstić information content (AvgIpc) is 2.64. The minimum absolute atomic E-state index is 0.182. The van der Waals surface area contributed by atoms with Gasteiger partial charge in [-0.25, -0.2) is 13.6 Å². The summed E-state index contributed by atoms with van der Waals surface area (Å²) in [6.07, 6.45) is -3.98. The maximum Gasteiger partial charge on any atom is 0.494 e. The number of alkyl halides is 2. The van der Waals surface area contributed by atoms with Crippen molar-refractivity contribution in [1.29, 1.82) is 0 Å². The molecule has 2 N–H and O–H groups in total. The molecule has 0 bridgehead atoms. The molecule has 23 heavy (non-hydrogen) atoms. The van der Waals surface area contributed by atoms with Crippen molar-refractivity contribution in [1.82, 2.24) is 5.32 Å². The van der Waals surface area contributed by atoms with Crippen molar-refractivity contribution in [3.8, 4) is 0 Å². The van der Waals surface area contributed by atoms with Gasteiger partial charge in [-0.15, -0.1) is 0 Å². The maximum absolute atomic E-state index is 13.3. The molecule has 1 heterocycles. The maximum atomic E-state index is 13.3. The van der Waals surface area contributed by atoms with Gasteiger partial charge < -0.3 is 19.7 Å². The van der Waals surface area contributed by atoms with Gasteiger partial charge in [0.1, 0.15) is 0 Å². The van der Waals surface area contributed by atoms with Crippen molar-refractivity contribution in [3.63, 3.8) is 0 Å². The molecule has 0 aromatic heterocycles. The Hall–Kier alpha value is -1.67. The van der Waals surface area contributed by atoms with Crippen molar-refractivity contribution < 1.29 is 28.0 Å². The molecule has 5 nitrogen and oxygen atoms in total. The Morgan fingerprint density at radius 3 is 2.30 bits per heavy atom. The van der Waals surface area contributed by atoms with Crippen LogP contribution < -0.4 is 10.8 Å². The van der Waals surface area contributed by atoms with E-state index in [1.54, 1.807) is 6.07 Å². The highest BCUT2D eigenvalue weighted by Gasteiger charge is 2.51. The SMILES string of the molecule is CC1(C)OB(c2ccc(CNC(=O)O)c(C(F)F)c2)OC1(C)C. The van der Waals surface area contributed by atoms with Gasteiger partial charge in [0.15, 0.2) is 0 Å². The van der Waals surface area contributed by atoms with Gasteiger partial charge >= 0.3 is 13.2 Å². The van der Waals surface area contributed by atoms with E-state index < -0.39 is 30.8 Å². The molecule has 0 atom stereocenters. The minimum atomic E-state index is -2.72. The van der Waals surface area contributed by atoms with Crippen LogP contribution in [0, 0.1) is 0 Å². The van der Waals surface area contributed by atoms with Crippen LogP contribution in [-0.2, 0) is 15.9 Å². The summed E-state index contributed by atoms with van der Waals surface area (Å²) >= 11 is 0. The zero-order valence-corrected chi connectivity index (χ0v) is 13.5. The van der Waals surface area contributed by atoms with Crippen molar-refractivity contribution in [2.75, 3.05) is 0 Å². The van der Waals surface area contributed by atoms with E-state index in [9.17, 15) is 13.6 Å². The van der Waals surface area contributed by atoms with Gasteiger partial charge in [0, 0.05) is 12.1 Å². The zero-order valence-electron chi connectivity index (χ0n) is 13.5. The smallest absolute Gasteiger partial charge is 0.465 e. The highest BCUT2D eigenvalue weighted by atomic mass is 19.3. The number of hydrogen-bond acceptors (Lipinski definition) is 3. The Balaban J connectivity index is 2.28. The molecule has 8 heteroatoms. The number of nitrogens with one attached hydrogen (secondary N) is 1. The Morgan fingerprint density at radius 1 is 1.26 bits per heavy atom. The molecule has 2 rings (SSSR count). The van der Waals surface area contributed by atoms with Gasteiger partial charge in [0.2, 0.25) is 0 Å². The second-order valence-electron chi connectivity index (χ2n) is 6.51. The third kappa shape index (κ3) is 3.64. The number of carbonyl (C=O) groups is 1. The number of halogens is 2. The van der Waals surface area contributed by atoms with Crippen LogP contribution in [-0.4, -0.2) is 29.5 Å². The minimum Gasteiger partial charge on any atom is -0.465 e. The van der Waals surface area contributed by atoms with Crippen LogP contribution in [0.2, 0.25) is 0 Å². The van der Waals surface area contributed by atoms with E-state index in [4.69, 9.17) is 14.4 Å². The highest BCUT2D eigenvalue weighted by molar-refractivity contribution is 6.62. The molecule has 1 fully saturated rings. The van der Waals surface area contributed by atoms with E-state index in [0.717, 1.165) is 0 Å². The van der Waals surface area contributed by atoms with Gasteiger partial charge in [-0.2, -0.15) is 0 Å². The molecule has 1 saturated heterocycles. The first-order valence-electron chi connectivity index (χ1n) is 7.27. The lowest BCUT2D eigenvalue weighted by molar-refractivity contribution is 0.00578. The molecule has 1 amide bonds. The van der Waals surface area contributed by atoms with Crippen LogP contribution in [0.25, 0.3) is 0 Å². The fourth-order valence-electron chi connectivity index (χ4n) is 2.27. The second-order valence-corrected chi connectivity index (χ2v) is 6.51. The fourth-order valence-corrected chi connectivity index (χ4v) is 2.27. The van der Waals surface area contributed by atoms with Crippen LogP contribution in [0.1, 0.15) is 45.2 Å². The number of rotatable bonds is 4. The number of benzene rings is 1. The van der Waals surface area contributed by atoms with Gasteiger partial charge in [-0.1, -0.05) is 18.2 Å². The van der Waals surface area contributed by atoms with Crippen molar-refractivity contribution in [2.24, 2.45) is 0 Å². The topological polar surface area (TPSA) is 67.8 Å². The fraction of sp³-hybridized carbons (Fsp3) is 0.533. The Labute approximate surface area is 134 Å². The van der Waals surface area contributed by atoms with Gasteiger partial charge in [-0.05, 0) is 38.7 Å². The zero-order chi connectivity index (χ0) is 17.4. The van der Waals surface area contributed by atoms with E-state index in [0.29, 0.717) is 5.46 Å². The van der Waals surface area contributed by atoms with Gasteiger partial charge in [0.25, 0.3) is 6.43 Å². The van der Waals surface area contributed by atoms with Crippen LogP contribution in [0.5, 0.6) is 0 Å². The first-order valence-corrected chi connectivity index (χ1v) is 7.27. The first-order chi connectivity index (χ1) is 10.5. The van der Waals surface area contributed by atoms with Crippen molar-refractivity contribution in [3.05, 3.63) is 29.3 Å². The van der Waals surface area contributed by atoms with Crippen molar-refractivity contribution in [2.45, 2.75) is 51.9 Å². The van der Waals surface area contributed by atoms with Crippen LogP contribution >= 0.6 is 0 Å². The van der Waals surface area contributed by atoms with Crippen molar-refractivity contribution >= 4 is 18.7 Å². The summed E-state index contributed by atoms with van der Waals surface area (Å²) in [7, 11) is -0.737. The van der Waals surface area contributed by atoms with Crippen LogP contribution in [0.15, 0.2) is 18.2 Å². The standard InChI is InChI=1S/C15H20BF2NO4/c1-14(2)15(3,4)23-16(22-14)10-6-5-9(8-19-13(20)21)11(7-10)12(17)18/h5-7,12,19H,8H2,1-4H3,(H,20,21). The lowest BCUT2D eigenvalue weighted by Crippen LogP contribution is -2.41. The van der Waals surface area contributed by atoms with E-state index in [-0.39, 0.29) is 17.7 Å². The van der Waals surface area contributed by atoms with E-state index in [1.165, 1.54) is 12.1 Å². The van der Waals surface area contributed by atoms with Crippen LogP contribution in [0.3, 0.4) is 0 Å². The summed E-state index contributed by atoms with van der Waals surface area (Å²) in [6, 6.07) is 4.40. The summed E-state index contributed by atoms with van der Waals surface area (Å²) in [6.45, 7) is 7.34. The Morgan fingerprint density at radius 2 is 1.83 bits per heavy atom. The van der Waals surface area contributed by atoms with E-state index in [2.05, 4.69) is 5.32 Å². The summed E-state index contributed by atoms with van der Waals surface area (Å²) < 4.78 is 38.2. The normalized spacial score (nSPS) is 19.2. The molecule has 1 aliphatic heterocycles. The molecule has 0 unspecified atom stereocenters. The highest BCUT2D eigenvalue weighted by Crippen LogP contribution is 2.36.